The van der Waals surface area contributed by atoms with E-state index in [1.165, 1.54) is 0 Å². The third-order valence-electron chi connectivity index (χ3n) is 2.53. The average molecular weight is 172 g/mol. The third kappa shape index (κ3) is 2.94. The molecule has 0 aromatic heterocycles. The second-order valence-corrected chi connectivity index (χ2v) is 3.52. The predicted octanol–water partition coefficient (Wildman–Crippen LogP) is 2.42. The summed E-state index contributed by atoms with van der Waals surface area (Å²) in [4.78, 5) is 11.6. The number of carbonyl (C=O) groups excluding carboxylic acids is 1. The lowest BCUT2D eigenvalue weighted by Gasteiger charge is -2.25. The van der Waals surface area contributed by atoms with Crippen molar-refractivity contribution in [3.63, 3.8) is 0 Å². The standard InChI is InChI=1S/C10H20O2/c1-5-7-10(3,6-2)9(11)8-12-4/h5-8H2,1-4H3. The van der Waals surface area contributed by atoms with E-state index in [0.717, 1.165) is 19.3 Å². The highest BCUT2D eigenvalue weighted by Crippen LogP contribution is 2.28. The number of ether oxygens (including phenoxy) is 1. The lowest BCUT2D eigenvalue weighted by atomic mass is 9.79. The van der Waals surface area contributed by atoms with Crippen LogP contribution < -0.4 is 0 Å². The highest BCUT2D eigenvalue weighted by molar-refractivity contribution is 5.85. The van der Waals surface area contributed by atoms with Gasteiger partial charge in [0, 0.05) is 12.5 Å². The number of rotatable bonds is 6. The van der Waals surface area contributed by atoms with E-state index < -0.39 is 0 Å². The monoisotopic (exact) mass is 172 g/mol. The Kier molecular flexibility index (Phi) is 5.14. The SMILES string of the molecule is CCCC(C)(CC)C(=O)COC. The molecule has 0 bridgehead atoms. The molecule has 0 aliphatic carbocycles. The van der Waals surface area contributed by atoms with Crippen LogP contribution in [0.4, 0.5) is 0 Å². The first kappa shape index (κ1) is 11.6. The molecule has 2 heteroatoms. The van der Waals surface area contributed by atoms with E-state index in [1.807, 2.05) is 6.92 Å². The first-order chi connectivity index (χ1) is 5.60. The Bertz CT molecular complexity index is 143. The Balaban J connectivity index is 4.18. The molecule has 0 aromatic rings. The molecule has 0 amide bonds. The maximum Gasteiger partial charge on any atom is 0.164 e. The fourth-order valence-corrected chi connectivity index (χ4v) is 1.37. The van der Waals surface area contributed by atoms with Crippen LogP contribution in [0.2, 0.25) is 0 Å². The number of carbonyl (C=O) groups is 1. The van der Waals surface area contributed by atoms with Crippen molar-refractivity contribution in [1.82, 2.24) is 0 Å². The molecule has 0 fully saturated rings. The molecular weight excluding hydrogens is 152 g/mol. The summed E-state index contributed by atoms with van der Waals surface area (Å²) in [5.41, 5.74) is -0.162. The van der Waals surface area contributed by atoms with Gasteiger partial charge in [0.05, 0.1) is 0 Å². The van der Waals surface area contributed by atoms with Crippen LogP contribution in [-0.4, -0.2) is 19.5 Å². The summed E-state index contributed by atoms with van der Waals surface area (Å²) in [6, 6.07) is 0. The van der Waals surface area contributed by atoms with Crippen molar-refractivity contribution >= 4 is 5.78 Å². The zero-order valence-electron chi connectivity index (χ0n) is 8.64. The molecule has 0 saturated carbocycles. The van der Waals surface area contributed by atoms with E-state index in [4.69, 9.17) is 4.74 Å². The minimum absolute atomic E-state index is 0.162. The molecule has 0 rings (SSSR count). The first-order valence-corrected chi connectivity index (χ1v) is 4.63. The Morgan fingerprint density at radius 2 is 2.00 bits per heavy atom. The Morgan fingerprint density at radius 3 is 2.33 bits per heavy atom. The molecule has 0 heterocycles. The van der Waals surface area contributed by atoms with Crippen LogP contribution in [0.1, 0.15) is 40.0 Å². The molecule has 72 valence electrons. The molecule has 0 saturated heterocycles. The minimum atomic E-state index is -0.162. The molecule has 0 aromatic carbocycles. The van der Waals surface area contributed by atoms with E-state index in [2.05, 4.69) is 13.8 Å². The van der Waals surface area contributed by atoms with Crippen molar-refractivity contribution < 1.29 is 9.53 Å². The van der Waals surface area contributed by atoms with Gasteiger partial charge in [-0.2, -0.15) is 0 Å². The molecule has 1 atom stereocenters. The van der Waals surface area contributed by atoms with Crippen LogP contribution in [0, 0.1) is 5.41 Å². The van der Waals surface area contributed by atoms with Crippen molar-refractivity contribution in [3.8, 4) is 0 Å². The average Bonchev–Trinajstić information content (AvgIpc) is 2.05. The van der Waals surface area contributed by atoms with Crippen molar-refractivity contribution in [3.05, 3.63) is 0 Å². The summed E-state index contributed by atoms with van der Waals surface area (Å²) in [5, 5.41) is 0. The third-order valence-corrected chi connectivity index (χ3v) is 2.53. The molecule has 0 aliphatic rings. The van der Waals surface area contributed by atoms with Crippen LogP contribution in [0.3, 0.4) is 0 Å². The lowest BCUT2D eigenvalue weighted by Crippen LogP contribution is -2.30. The Morgan fingerprint density at radius 1 is 1.42 bits per heavy atom. The van der Waals surface area contributed by atoms with Crippen molar-refractivity contribution in [2.75, 3.05) is 13.7 Å². The summed E-state index contributed by atoms with van der Waals surface area (Å²) in [5.74, 6) is 0.231. The van der Waals surface area contributed by atoms with Crippen LogP contribution in [-0.2, 0) is 9.53 Å². The summed E-state index contributed by atoms with van der Waals surface area (Å²) in [6.45, 7) is 6.44. The van der Waals surface area contributed by atoms with Crippen molar-refractivity contribution in [2.45, 2.75) is 40.0 Å². The van der Waals surface area contributed by atoms with E-state index in [-0.39, 0.29) is 17.8 Å². The van der Waals surface area contributed by atoms with Gasteiger partial charge in [-0.1, -0.05) is 27.2 Å². The summed E-state index contributed by atoms with van der Waals surface area (Å²) in [7, 11) is 1.57. The maximum atomic E-state index is 11.6. The Labute approximate surface area is 75.3 Å². The molecule has 2 nitrogen and oxygen atoms in total. The fraction of sp³-hybridized carbons (Fsp3) is 0.900. The van der Waals surface area contributed by atoms with E-state index in [1.54, 1.807) is 7.11 Å². The van der Waals surface area contributed by atoms with Gasteiger partial charge in [0.15, 0.2) is 5.78 Å². The summed E-state index contributed by atoms with van der Waals surface area (Å²) < 4.78 is 4.85. The number of methoxy groups -OCH3 is 1. The molecule has 0 radical (unpaired) electrons. The predicted molar refractivity (Wildman–Crippen MR) is 50.2 cm³/mol. The number of Topliss-reactive ketones (excluding diaryl/α,β-unsaturated/α-hetero) is 1. The van der Waals surface area contributed by atoms with Crippen LogP contribution in [0.25, 0.3) is 0 Å². The first-order valence-electron chi connectivity index (χ1n) is 4.63. The summed E-state index contributed by atoms with van der Waals surface area (Å²) in [6.07, 6.45) is 2.93. The van der Waals surface area contributed by atoms with Gasteiger partial charge < -0.3 is 4.74 Å². The molecule has 12 heavy (non-hydrogen) atoms. The van der Waals surface area contributed by atoms with E-state index in [0.29, 0.717) is 0 Å². The molecule has 0 spiro atoms. The van der Waals surface area contributed by atoms with Crippen molar-refractivity contribution in [2.24, 2.45) is 5.41 Å². The zero-order chi connectivity index (χ0) is 9.61. The fourth-order valence-electron chi connectivity index (χ4n) is 1.37. The van der Waals surface area contributed by atoms with Crippen LogP contribution in [0.15, 0.2) is 0 Å². The van der Waals surface area contributed by atoms with Gasteiger partial charge in [0.2, 0.25) is 0 Å². The largest absolute Gasteiger partial charge is 0.377 e. The van der Waals surface area contributed by atoms with E-state index in [9.17, 15) is 4.79 Å². The normalized spacial score (nSPS) is 15.7. The van der Waals surface area contributed by atoms with Crippen LogP contribution in [0.5, 0.6) is 0 Å². The van der Waals surface area contributed by atoms with E-state index >= 15 is 0 Å². The highest BCUT2D eigenvalue weighted by Gasteiger charge is 2.29. The summed E-state index contributed by atoms with van der Waals surface area (Å²) >= 11 is 0. The highest BCUT2D eigenvalue weighted by atomic mass is 16.5. The maximum absolute atomic E-state index is 11.6. The lowest BCUT2D eigenvalue weighted by molar-refractivity contribution is -0.132. The van der Waals surface area contributed by atoms with Gasteiger partial charge in [-0.3, -0.25) is 4.79 Å². The smallest absolute Gasteiger partial charge is 0.164 e. The Hall–Kier alpha value is -0.370. The molecule has 0 aliphatic heterocycles. The van der Waals surface area contributed by atoms with Gasteiger partial charge in [-0.05, 0) is 12.8 Å². The minimum Gasteiger partial charge on any atom is -0.377 e. The van der Waals surface area contributed by atoms with Crippen molar-refractivity contribution in [1.29, 1.82) is 0 Å². The van der Waals surface area contributed by atoms with Gasteiger partial charge in [0.25, 0.3) is 0 Å². The number of ketones is 1. The second-order valence-electron chi connectivity index (χ2n) is 3.52. The number of hydrogen-bond acceptors (Lipinski definition) is 2. The molecule has 1 unspecified atom stereocenters. The van der Waals surface area contributed by atoms with Crippen LogP contribution >= 0.6 is 0 Å². The quantitative estimate of drug-likeness (QED) is 0.615. The van der Waals surface area contributed by atoms with Gasteiger partial charge in [0.1, 0.15) is 6.61 Å². The topological polar surface area (TPSA) is 26.3 Å². The second kappa shape index (κ2) is 5.31. The van der Waals surface area contributed by atoms with Gasteiger partial charge >= 0.3 is 0 Å². The number of hydrogen-bond donors (Lipinski definition) is 0. The molecule has 0 N–H and O–H groups in total. The van der Waals surface area contributed by atoms with Gasteiger partial charge in [-0.25, -0.2) is 0 Å². The molecular formula is C10H20O2. The van der Waals surface area contributed by atoms with Gasteiger partial charge in [-0.15, -0.1) is 0 Å². The zero-order valence-corrected chi connectivity index (χ0v) is 8.64.